The smallest absolute Gasteiger partial charge is 0.468 e. The summed E-state index contributed by atoms with van der Waals surface area (Å²) in [6, 6.07) is 10.4. The van der Waals surface area contributed by atoms with Gasteiger partial charge in [-0.2, -0.15) is 0 Å². The van der Waals surface area contributed by atoms with Gasteiger partial charge in [0.1, 0.15) is 11.4 Å². The number of aliphatic hydroxyl groups excluding tert-OH is 1. The van der Waals surface area contributed by atoms with Gasteiger partial charge in [0.05, 0.1) is 18.7 Å². The number of hydrogen-bond acceptors (Lipinski definition) is 3. The minimum Gasteiger partial charge on any atom is -0.468 e. The van der Waals surface area contributed by atoms with Crippen LogP contribution in [-0.4, -0.2) is 18.5 Å². The number of furan rings is 1. The Morgan fingerprint density at radius 1 is 1.25 bits per heavy atom. The minimum atomic E-state index is -2.60. The van der Waals surface area contributed by atoms with E-state index in [-0.39, 0.29) is 11.7 Å². The molecule has 1 aliphatic rings. The molecule has 2 N–H and O–H groups in total. The first-order valence-corrected chi connectivity index (χ1v) is 6.51. The molecule has 1 aromatic heterocycles. The van der Waals surface area contributed by atoms with E-state index in [0.29, 0.717) is 18.7 Å². The molecule has 0 saturated heterocycles. The summed E-state index contributed by atoms with van der Waals surface area (Å²) in [4.78, 5) is 0. The maximum absolute atomic E-state index is 12.4. The highest BCUT2D eigenvalue weighted by atomic mass is 19.2. The highest BCUT2D eigenvalue weighted by Crippen LogP contribution is 2.31. The van der Waals surface area contributed by atoms with Crippen molar-refractivity contribution in [3.63, 3.8) is 0 Å². The van der Waals surface area contributed by atoms with E-state index in [4.69, 9.17) is 4.42 Å². The van der Waals surface area contributed by atoms with Gasteiger partial charge < -0.3 is 14.8 Å². The van der Waals surface area contributed by atoms with Crippen molar-refractivity contribution in [1.29, 1.82) is 0 Å². The largest absolute Gasteiger partial charge is 0.608 e. The first kappa shape index (κ1) is 13.3. The van der Waals surface area contributed by atoms with E-state index in [1.54, 1.807) is 0 Å². The third-order valence-corrected chi connectivity index (χ3v) is 3.60. The molecule has 3 nitrogen and oxygen atoms in total. The molecule has 0 bridgehead atoms. The third-order valence-electron chi connectivity index (χ3n) is 3.60. The molecule has 1 heterocycles. The van der Waals surface area contributed by atoms with Crippen LogP contribution in [0.5, 0.6) is 0 Å². The summed E-state index contributed by atoms with van der Waals surface area (Å²) in [6.45, 7) is 0.308. The van der Waals surface area contributed by atoms with Gasteiger partial charge in [0.2, 0.25) is 0 Å². The molecule has 1 aliphatic carbocycles. The highest BCUT2D eigenvalue weighted by molar-refractivity contribution is 6.58. The van der Waals surface area contributed by atoms with E-state index in [0.717, 1.165) is 11.1 Å². The Hall–Kier alpha value is -1.66. The summed E-state index contributed by atoms with van der Waals surface area (Å²) < 4.78 is 29.9. The molecule has 0 saturated carbocycles. The average molecular weight is 277 g/mol. The van der Waals surface area contributed by atoms with Gasteiger partial charge in [0.15, 0.2) is 0 Å². The number of nitrogens with one attached hydrogen (secondary N) is 1. The highest BCUT2D eigenvalue weighted by Gasteiger charge is 2.30. The van der Waals surface area contributed by atoms with Crippen LogP contribution in [-0.2, 0) is 13.0 Å². The summed E-state index contributed by atoms with van der Waals surface area (Å²) in [5.74, 6) is 0.442. The fraction of sp³-hybridized carbons (Fsp3) is 0.286. The first-order chi connectivity index (χ1) is 9.65. The molecule has 2 atom stereocenters. The lowest BCUT2D eigenvalue weighted by Crippen LogP contribution is -2.28. The van der Waals surface area contributed by atoms with Crippen molar-refractivity contribution in [2.45, 2.75) is 25.1 Å². The molecule has 104 valence electrons. The Morgan fingerprint density at radius 2 is 2.05 bits per heavy atom. The summed E-state index contributed by atoms with van der Waals surface area (Å²) >= 11 is 0. The van der Waals surface area contributed by atoms with Crippen molar-refractivity contribution in [2.75, 3.05) is 0 Å². The molecule has 0 unspecified atom stereocenters. The molecule has 0 radical (unpaired) electrons. The van der Waals surface area contributed by atoms with E-state index in [1.807, 2.05) is 24.3 Å². The van der Waals surface area contributed by atoms with Gasteiger partial charge in [-0.3, -0.25) is 8.63 Å². The number of benzene rings is 1. The zero-order valence-corrected chi connectivity index (χ0v) is 10.7. The van der Waals surface area contributed by atoms with Crippen molar-refractivity contribution >= 4 is 12.9 Å². The topological polar surface area (TPSA) is 45.4 Å². The summed E-state index contributed by atoms with van der Waals surface area (Å²) in [5.41, 5.74) is 1.85. The molecule has 1 aromatic carbocycles. The second kappa shape index (κ2) is 5.38. The molecule has 6 heteroatoms. The molecule has 0 aliphatic heterocycles. The molecule has 3 rings (SSSR count). The summed E-state index contributed by atoms with van der Waals surface area (Å²) in [7, 11) is -2.60. The number of aliphatic hydroxyl groups is 1. The van der Waals surface area contributed by atoms with Crippen molar-refractivity contribution in [3.05, 3.63) is 53.3 Å². The fourth-order valence-corrected chi connectivity index (χ4v) is 2.64. The first-order valence-electron chi connectivity index (χ1n) is 6.51. The molecular formula is C14H14BF2NO2. The van der Waals surface area contributed by atoms with Gasteiger partial charge in [0, 0.05) is 6.42 Å². The Kier molecular flexibility index (Phi) is 3.59. The van der Waals surface area contributed by atoms with Gasteiger partial charge in [-0.1, -0.05) is 24.3 Å². The number of halogens is 2. The third kappa shape index (κ3) is 2.49. The van der Waals surface area contributed by atoms with Crippen molar-refractivity contribution in [1.82, 2.24) is 5.32 Å². The van der Waals surface area contributed by atoms with E-state index >= 15 is 0 Å². The predicted octanol–water partition coefficient (Wildman–Crippen LogP) is 1.66. The molecule has 0 amide bonds. The van der Waals surface area contributed by atoms with Crippen molar-refractivity contribution in [2.24, 2.45) is 0 Å². The lowest BCUT2D eigenvalue weighted by atomic mass is 9.95. The maximum atomic E-state index is 12.4. The van der Waals surface area contributed by atoms with Gasteiger partial charge in [-0.25, -0.2) is 0 Å². The minimum absolute atomic E-state index is 0.189. The normalized spacial score (nSPS) is 20.9. The second-order valence-corrected chi connectivity index (χ2v) is 4.93. The van der Waals surface area contributed by atoms with Crippen LogP contribution in [0.1, 0.15) is 22.9 Å². The number of rotatable bonds is 4. The van der Waals surface area contributed by atoms with Gasteiger partial charge in [0.25, 0.3) is 0 Å². The van der Waals surface area contributed by atoms with Crippen LogP contribution >= 0.6 is 0 Å². The monoisotopic (exact) mass is 277 g/mol. The van der Waals surface area contributed by atoms with Crippen LogP contribution in [0.4, 0.5) is 8.63 Å². The van der Waals surface area contributed by atoms with Crippen LogP contribution in [0.2, 0.25) is 0 Å². The van der Waals surface area contributed by atoms with E-state index in [2.05, 4.69) is 5.32 Å². The lowest BCUT2D eigenvalue weighted by Gasteiger charge is -2.17. The Morgan fingerprint density at radius 3 is 2.80 bits per heavy atom. The van der Waals surface area contributed by atoms with Crippen LogP contribution in [0.3, 0.4) is 0 Å². The molecule has 0 fully saturated rings. The summed E-state index contributed by atoms with van der Waals surface area (Å²) in [6.07, 6.45) is 0.103. The Balaban J connectivity index is 1.69. The van der Waals surface area contributed by atoms with Crippen molar-refractivity contribution < 1.29 is 18.2 Å². The van der Waals surface area contributed by atoms with Gasteiger partial charge >= 0.3 is 7.27 Å². The number of hydrogen-bond donors (Lipinski definition) is 2. The second-order valence-electron chi connectivity index (χ2n) is 4.93. The Bertz CT molecular complexity index is 602. The average Bonchev–Trinajstić information content (AvgIpc) is 3.00. The predicted molar refractivity (Wildman–Crippen MR) is 72.0 cm³/mol. The lowest BCUT2D eigenvalue weighted by molar-refractivity contribution is 0.139. The van der Waals surface area contributed by atoms with E-state index in [1.165, 1.54) is 12.1 Å². The standard InChI is InChI=1S/C14H14BF2NO2/c16-15(17)13-6-5-10(20-13)8-18-14-11-4-2-1-3-9(11)7-12(14)19/h1-6,12,14,18-19H,7-8H2/t12-,14+/m0/s1. The molecule has 0 spiro atoms. The van der Waals surface area contributed by atoms with Crippen LogP contribution < -0.4 is 11.0 Å². The van der Waals surface area contributed by atoms with Gasteiger partial charge in [-0.15, -0.1) is 0 Å². The summed E-state index contributed by atoms with van der Waals surface area (Å²) in [5, 5.41) is 13.2. The zero-order valence-electron chi connectivity index (χ0n) is 10.7. The van der Waals surface area contributed by atoms with Crippen molar-refractivity contribution in [3.8, 4) is 0 Å². The maximum Gasteiger partial charge on any atom is 0.608 e. The fourth-order valence-electron chi connectivity index (χ4n) is 2.64. The van der Waals surface area contributed by atoms with Crippen LogP contribution in [0.15, 0.2) is 40.8 Å². The molecular weight excluding hydrogens is 263 g/mol. The van der Waals surface area contributed by atoms with Gasteiger partial charge in [-0.05, 0) is 23.3 Å². The van der Waals surface area contributed by atoms with E-state index in [9.17, 15) is 13.7 Å². The van der Waals surface area contributed by atoms with E-state index < -0.39 is 13.4 Å². The number of fused-ring (bicyclic) bond motifs is 1. The molecule has 2 aromatic rings. The van der Waals surface area contributed by atoms with Crippen LogP contribution in [0.25, 0.3) is 0 Å². The zero-order chi connectivity index (χ0) is 14.1. The molecule has 20 heavy (non-hydrogen) atoms. The Labute approximate surface area is 115 Å². The SMILES string of the molecule is O[C@H]1Cc2ccccc2[C@H]1NCc1ccc(B(F)F)o1. The quantitative estimate of drug-likeness (QED) is 0.835. The van der Waals surface area contributed by atoms with Crippen LogP contribution in [0, 0.1) is 0 Å².